The highest BCUT2D eigenvalue weighted by Crippen LogP contribution is 2.32. The quantitative estimate of drug-likeness (QED) is 0.664. The Labute approximate surface area is 110 Å². The normalized spacial score (nSPS) is 12.4. The number of pyridine rings is 1. The molecule has 0 aliphatic carbocycles. The predicted octanol–water partition coefficient (Wildman–Crippen LogP) is 2.94. The van der Waals surface area contributed by atoms with Crippen LogP contribution in [0.4, 0.5) is 0 Å². The van der Waals surface area contributed by atoms with E-state index in [9.17, 15) is 0 Å². The number of nitrogens with one attached hydrogen (secondary N) is 1. The number of hydrazine groups is 1. The molecule has 5 heteroatoms. The molecule has 0 aliphatic heterocycles. The number of hydrogen-bond donors (Lipinski definition) is 2. The Morgan fingerprint density at radius 1 is 1.18 bits per heavy atom. The van der Waals surface area contributed by atoms with Gasteiger partial charge in [0.25, 0.3) is 0 Å². The molecule has 2 aromatic rings. The second-order valence-electron chi connectivity index (χ2n) is 3.53. The molecule has 0 radical (unpaired) electrons. The van der Waals surface area contributed by atoms with Crippen molar-refractivity contribution in [3.05, 3.63) is 63.9 Å². The number of nitrogens with zero attached hydrogens (tertiary/aromatic N) is 1. The number of rotatable bonds is 3. The van der Waals surface area contributed by atoms with E-state index in [-0.39, 0.29) is 6.04 Å². The molecule has 0 saturated heterocycles. The van der Waals surface area contributed by atoms with Gasteiger partial charge in [-0.2, -0.15) is 0 Å². The molecule has 17 heavy (non-hydrogen) atoms. The molecule has 0 aliphatic rings. The summed E-state index contributed by atoms with van der Waals surface area (Å²) in [6.45, 7) is 0. The first-order valence-corrected chi connectivity index (χ1v) is 5.79. The average Bonchev–Trinajstić information content (AvgIpc) is 2.37. The van der Waals surface area contributed by atoms with Crippen molar-refractivity contribution in [1.82, 2.24) is 10.4 Å². The lowest BCUT2D eigenvalue weighted by atomic mass is 10.0. The van der Waals surface area contributed by atoms with Crippen LogP contribution in [0.25, 0.3) is 0 Å². The van der Waals surface area contributed by atoms with Gasteiger partial charge >= 0.3 is 0 Å². The molecule has 1 heterocycles. The zero-order chi connectivity index (χ0) is 12.3. The van der Waals surface area contributed by atoms with Crippen LogP contribution < -0.4 is 11.3 Å². The van der Waals surface area contributed by atoms with Crippen LogP contribution in [0.15, 0.2) is 42.7 Å². The molecule has 1 unspecified atom stereocenters. The molecule has 2 rings (SSSR count). The summed E-state index contributed by atoms with van der Waals surface area (Å²) in [6.07, 6.45) is 3.44. The van der Waals surface area contributed by atoms with Crippen LogP contribution in [0.5, 0.6) is 0 Å². The zero-order valence-corrected chi connectivity index (χ0v) is 10.4. The van der Waals surface area contributed by atoms with Gasteiger partial charge in [0.2, 0.25) is 0 Å². The topological polar surface area (TPSA) is 50.9 Å². The van der Waals surface area contributed by atoms with Crippen molar-refractivity contribution in [2.75, 3.05) is 0 Å². The summed E-state index contributed by atoms with van der Waals surface area (Å²) in [5.41, 5.74) is 4.48. The van der Waals surface area contributed by atoms with Gasteiger partial charge in [0, 0.05) is 12.4 Å². The van der Waals surface area contributed by atoms with Crippen LogP contribution in [0.1, 0.15) is 17.2 Å². The van der Waals surface area contributed by atoms with Crippen LogP contribution in [0.2, 0.25) is 10.0 Å². The minimum absolute atomic E-state index is 0.227. The van der Waals surface area contributed by atoms with Gasteiger partial charge in [0.15, 0.2) is 0 Å². The summed E-state index contributed by atoms with van der Waals surface area (Å²) in [6, 6.07) is 9.00. The maximum Gasteiger partial charge on any atom is 0.0739 e. The largest absolute Gasteiger partial charge is 0.271 e. The Morgan fingerprint density at radius 3 is 2.65 bits per heavy atom. The van der Waals surface area contributed by atoms with Crippen molar-refractivity contribution in [2.45, 2.75) is 6.04 Å². The van der Waals surface area contributed by atoms with Crippen LogP contribution >= 0.6 is 23.2 Å². The maximum absolute atomic E-state index is 6.17. The molecule has 3 nitrogen and oxygen atoms in total. The van der Waals surface area contributed by atoms with Gasteiger partial charge < -0.3 is 0 Å². The minimum atomic E-state index is -0.227. The Balaban J connectivity index is 2.46. The van der Waals surface area contributed by atoms with E-state index in [1.165, 1.54) is 0 Å². The summed E-state index contributed by atoms with van der Waals surface area (Å²) >= 11 is 12.2. The van der Waals surface area contributed by atoms with E-state index in [0.29, 0.717) is 10.0 Å². The standard InChI is InChI=1S/C12H11Cl2N3/c13-10-5-1-4-9(11(10)14)12(17-15)8-3-2-6-16-7-8/h1-7,12,17H,15H2. The Morgan fingerprint density at radius 2 is 2.00 bits per heavy atom. The summed E-state index contributed by atoms with van der Waals surface area (Å²) in [5.74, 6) is 5.58. The van der Waals surface area contributed by atoms with Gasteiger partial charge in [-0.3, -0.25) is 10.8 Å². The lowest BCUT2D eigenvalue weighted by Gasteiger charge is -2.18. The molecule has 0 spiro atoms. The molecule has 3 N–H and O–H groups in total. The molecule has 1 aromatic heterocycles. The number of hydrogen-bond acceptors (Lipinski definition) is 3. The first-order valence-electron chi connectivity index (χ1n) is 5.04. The molecule has 0 saturated carbocycles. The van der Waals surface area contributed by atoms with E-state index < -0.39 is 0 Å². The Bertz CT molecular complexity index is 502. The summed E-state index contributed by atoms with van der Waals surface area (Å²) < 4.78 is 0. The lowest BCUT2D eigenvalue weighted by Crippen LogP contribution is -2.29. The van der Waals surface area contributed by atoms with Crippen LogP contribution in [0, 0.1) is 0 Å². The molecule has 1 atom stereocenters. The molecule has 0 amide bonds. The number of halogens is 2. The van der Waals surface area contributed by atoms with Gasteiger partial charge in [-0.15, -0.1) is 0 Å². The summed E-state index contributed by atoms with van der Waals surface area (Å²) in [5, 5.41) is 1.01. The molecular formula is C12H11Cl2N3. The van der Waals surface area contributed by atoms with E-state index in [0.717, 1.165) is 11.1 Å². The third-order valence-electron chi connectivity index (χ3n) is 2.48. The van der Waals surface area contributed by atoms with Gasteiger partial charge in [-0.05, 0) is 23.3 Å². The van der Waals surface area contributed by atoms with Crippen LogP contribution in [0.3, 0.4) is 0 Å². The van der Waals surface area contributed by atoms with E-state index in [1.54, 1.807) is 18.5 Å². The third kappa shape index (κ3) is 2.58. The van der Waals surface area contributed by atoms with Crippen molar-refractivity contribution >= 4 is 23.2 Å². The fraction of sp³-hybridized carbons (Fsp3) is 0.0833. The first kappa shape index (κ1) is 12.3. The maximum atomic E-state index is 6.17. The first-order chi connectivity index (χ1) is 8.24. The fourth-order valence-corrected chi connectivity index (χ4v) is 2.07. The van der Waals surface area contributed by atoms with E-state index in [2.05, 4.69) is 10.4 Å². The van der Waals surface area contributed by atoms with E-state index >= 15 is 0 Å². The fourth-order valence-electron chi connectivity index (χ4n) is 1.66. The second kappa shape index (κ2) is 5.47. The number of benzene rings is 1. The predicted molar refractivity (Wildman–Crippen MR) is 69.9 cm³/mol. The third-order valence-corrected chi connectivity index (χ3v) is 3.31. The smallest absolute Gasteiger partial charge is 0.0739 e. The van der Waals surface area contributed by atoms with Crippen molar-refractivity contribution in [3.8, 4) is 0 Å². The van der Waals surface area contributed by atoms with Crippen LogP contribution in [-0.4, -0.2) is 4.98 Å². The second-order valence-corrected chi connectivity index (χ2v) is 4.31. The lowest BCUT2D eigenvalue weighted by molar-refractivity contribution is 0.635. The molecule has 88 valence electrons. The van der Waals surface area contributed by atoms with Gasteiger partial charge in [-0.25, -0.2) is 5.43 Å². The highest BCUT2D eigenvalue weighted by atomic mass is 35.5. The van der Waals surface area contributed by atoms with Gasteiger partial charge in [0.05, 0.1) is 16.1 Å². The zero-order valence-electron chi connectivity index (χ0n) is 8.90. The summed E-state index contributed by atoms with van der Waals surface area (Å²) in [7, 11) is 0. The van der Waals surface area contributed by atoms with E-state index in [4.69, 9.17) is 29.0 Å². The minimum Gasteiger partial charge on any atom is -0.271 e. The Hall–Kier alpha value is -1.13. The van der Waals surface area contributed by atoms with Crippen molar-refractivity contribution in [3.63, 3.8) is 0 Å². The van der Waals surface area contributed by atoms with Gasteiger partial charge in [-0.1, -0.05) is 41.4 Å². The molecular weight excluding hydrogens is 257 g/mol. The highest BCUT2D eigenvalue weighted by molar-refractivity contribution is 6.42. The SMILES string of the molecule is NNC(c1cccnc1)c1cccc(Cl)c1Cl. The molecule has 1 aromatic carbocycles. The van der Waals surface area contributed by atoms with Gasteiger partial charge in [0.1, 0.15) is 0 Å². The van der Waals surface area contributed by atoms with Crippen LogP contribution in [-0.2, 0) is 0 Å². The average molecular weight is 268 g/mol. The van der Waals surface area contributed by atoms with Crippen molar-refractivity contribution < 1.29 is 0 Å². The molecule has 0 fully saturated rings. The monoisotopic (exact) mass is 267 g/mol. The van der Waals surface area contributed by atoms with Crippen molar-refractivity contribution in [1.29, 1.82) is 0 Å². The molecule has 0 bridgehead atoms. The Kier molecular flexibility index (Phi) is 3.97. The summed E-state index contributed by atoms with van der Waals surface area (Å²) in [4.78, 5) is 4.06. The van der Waals surface area contributed by atoms with Crippen molar-refractivity contribution in [2.24, 2.45) is 5.84 Å². The van der Waals surface area contributed by atoms with E-state index in [1.807, 2.05) is 24.3 Å². The number of nitrogens with two attached hydrogens (primary N) is 1. The number of aromatic nitrogens is 1. The highest BCUT2D eigenvalue weighted by Gasteiger charge is 2.16.